The molecule has 0 aromatic carbocycles. The third-order valence-electron chi connectivity index (χ3n) is 3.73. The van der Waals surface area contributed by atoms with E-state index in [-0.39, 0.29) is 5.56 Å². The second-order valence-electron chi connectivity index (χ2n) is 5.01. The number of hydrogen-bond donors (Lipinski definition) is 0. The smallest absolute Gasteiger partial charge is 0.255 e. The van der Waals surface area contributed by atoms with Gasteiger partial charge in [-0.3, -0.25) is 9.36 Å². The molecule has 0 bridgehead atoms. The molecular formula is C13H16N4O. The number of likely N-dealkylation sites (N-methyl/N-ethyl adjacent to an activating group) is 1. The molecule has 1 unspecified atom stereocenters. The zero-order valence-electron chi connectivity index (χ0n) is 10.6. The van der Waals surface area contributed by atoms with E-state index in [1.165, 1.54) is 6.33 Å². The zero-order chi connectivity index (χ0) is 12.7. The fourth-order valence-corrected chi connectivity index (χ4v) is 2.72. The van der Waals surface area contributed by atoms with Gasteiger partial charge in [-0.05, 0) is 26.1 Å². The summed E-state index contributed by atoms with van der Waals surface area (Å²) >= 11 is 0. The standard InChI is InChI=1S/C13H16N4O/c1-16-4-3-9(7-16)11-5-10-6-14-8-15-12(10)17(2)13(11)18/h5-6,8-9H,3-4,7H2,1-2H3. The van der Waals surface area contributed by atoms with Crippen LogP contribution in [0.2, 0.25) is 0 Å². The predicted octanol–water partition coefficient (Wildman–Crippen LogP) is 0.748. The first-order valence-electron chi connectivity index (χ1n) is 6.15. The Morgan fingerprint density at radius 1 is 1.39 bits per heavy atom. The summed E-state index contributed by atoms with van der Waals surface area (Å²) in [5.41, 5.74) is 1.66. The molecular weight excluding hydrogens is 228 g/mol. The molecule has 0 saturated carbocycles. The van der Waals surface area contributed by atoms with Crippen LogP contribution in [0.3, 0.4) is 0 Å². The van der Waals surface area contributed by atoms with Crippen LogP contribution >= 0.6 is 0 Å². The summed E-state index contributed by atoms with van der Waals surface area (Å²) in [5.74, 6) is 0.332. The summed E-state index contributed by atoms with van der Waals surface area (Å²) in [6.07, 6.45) is 4.29. The van der Waals surface area contributed by atoms with Crippen molar-refractivity contribution < 1.29 is 0 Å². The highest BCUT2D eigenvalue weighted by Gasteiger charge is 2.24. The summed E-state index contributed by atoms with van der Waals surface area (Å²) in [4.78, 5) is 22.8. The van der Waals surface area contributed by atoms with Crippen LogP contribution in [-0.4, -0.2) is 39.6 Å². The molecule has 1 fully saturated rings. The van der Waals surface area contributed by atoms with Gasteiger partial charge in [0.15, 0.2) is 0 Å². The number of fused-ring (bicyclic) bond motifs is 1. The highest BCUT2D eigenvalue weighted by molar-refractivity contribution is 5.74. The number of pyridine rings is 1. The molecule has 3 rings (SSSR count). The van der Waals surface area contributed by atoms with Crippen LogP contribution in [0.5, 0.6) is 0 Å². The molecule has 0 amide bonds. The van der Waals surface area contributed by atoms with E-state index >= 15 is 0 Å². The van der Waals surface area contributed by atoms with Crippen molar-refractivity contribution in [3.05, 3.63) is 34.5 Å². The van der Waals surface area contributed by atoms with Crippen molar-refractivity contribution in [3.63, 3.8) is 0 Å². The monoisotopic (exact) mass is 244 g/mol. The molecule has 1 atom stereocenters. The van der Waals surface area contributed by atoms with Crippen LogP contribution in [0.1, 0.15) is 17.9 Å². The van der Waals surface area contributed by atoms with E-state index in [1.807, 2.05) is 6.07 Å². The van der Waals surface area contributed by atoms with Crippen molar-refractivity contribution in [2.75, 3.05) is 20.1 Å². The lowest BCUT2D eigenvalue weighted by Gasteiger charge is -2.12. The molecule has 0 spiro atoms. The number of likely N-dealkylation sites (tertiary alicyclic amines) is 1. The van der Waals surface area contributed by atoms with Gasteiger partial charge in [0.2, 0.25) is 0 Å². The summed E-state index contributed by atoms with van der Waals surface area (Å²) in [5, 5.41) is 0.934. The lowest BCUT2D eigenvalue weighted by Crippen LogP contribution is -2.25. The van der Waals surface area contributed by atoms with Gasteiger partial charge >= 0.3 is 0 Å². The van der Waals surface area contributed by atoms with Crippen LogP contribution < -0.4 is 5.56 Å². The van der Waals surface area contributed by atoms with Crippen molar-refractivity contribution in [2.45, 2.75) is 12.3 Å². The van der Waals surface area contributed by atoms with Crippen molar-refractivity contribution >= 4 is 11.0 Å². The quantitative estimate of drug-likeness (QED) is 0.742. The Kier molecular flexibility index (Phi) is 2.63. The molecule has 94 valence electrons. The molecule has 0 radical (unpaired) electrons. The third-order valence-corrected chi connectivity index (χ3v) is 3.73. The Balaban J connectivity index is 2.18. The normalized spacial score (nSPS) is 20.7. The van der Waals surface area contributed by atoms with Crippen LogP contribution in [-0.2, 0) is 7.05 Å². The first-order chi connectivity index (χ1) is 8.66. The molecule has 1 saturated heterocycles. The number of aromatic nitrogens is 3. The molecule has 3 heterocycles. The topological polar surface area (TPSA) is 51.0 Å². The van der Waals surface area contributed by atoms with E-state index < -0.39 is 0 Å². The van der Waals surface area contributed by atoms with Crippen LogP contribution in [0, 0.1) is 0 Å². The summed E-state index contributed by atoms with van der Waals surface area (Å²) in [6, 6.07) is 1.96. The summed E-state index contributed by atoms with van der Waals surface area (Å²) < 4.78 is 1.63. The van der Waals surface area contributed by atoms with Crippen LogP contribution in [0.4, 0.5) is 0 Å². The molecule has 1 aliphatic rings. The van der Waals surface area contributed by atoms with Gasteiger partial charge in [-0.25, -0.2) is 9.97 Å². The maximum atomic E-state index is 12.4. The zero-order valence-corrected chi connectivity index (χ0v) is 10.6. The second-order valence-corrected chi connectivity index (χ2v) is 5.01. The van der Waals surface area contributed by atoms with Gasteiger partial charge < -0.3 is 4.90 Å². The van der Waals surface area contributed by atoms with Gasteiger partial charge in [-0.2, -0.15) is 0 Å². The van der Waals surface area contributed by atoms with Gasteiger partial charge in [0.05, 0.1) is 0 Å². The molecule has 0 N–H and O–H groups in total. The van der Waals surface area contributed by atoms with Gasteiger partial charge in [0.25, 0.3) is 5.56 Å². The molecule has 5 heteroatoms. The first kappa shape index (κ1) is 11.3. The fourth-order valence-electron chi connectivity index (χ4n) is 2.72. The average Bonchev–Trinajstić information content (AvgIpc) is 2.80. The number of aryl methyl sites for hydroxylation is 1. The van der Waals surface area contributed by atoms with Crippen molar-refractivity contribution in [1.82, 2.24) is 19.4 Å². The molecule has 18 heavy (non-hydrogen) atoms. The Hall–Kier alpha value is -1.75. The second kappa shape index (κ2) is 4.17. The van der Waals surface area contributed by atoms with E-state index in [2.05, 4.69) is 21.9 Å². The molecule has 5 nitrogen and oxygen atoms in total. The molecule has 2 aromatic rings. The van der Waals surface area contributed by atoms with E-state index in [0.29, 0.717) is 11.6 Å². The predicted molar refractivity (Wildman–Crippen MR) is 69.6 cm³/mol. The summed E-state index contributed by atoms with van der Waals surface area (Å²) in [6.45, 7) is 2.01. The van der Waals surface area contributed by atoms with E-state index in [0.717, 1.165) is 30.5 Å². The highest BCUT2D eigenvalue weighted by atomic mass is 16.1. The average molecular weight is 244 g/mol. The molecule has 1 aliphatic heterocycles. The number of hydrogen-bond acceptors (Lipinski definition) is 4. The maximum absolute atomic E-state index is 12.4. The molecule has 0 aliphatic carbocycles. The molecule has 2 aromatic heterocycles. The number of rotatable bonds is 1. The van der Waals surface area contributed by atoms with Gasteiger partial charge in [-0.1, -0.05) is 0 Å². The largest absolute Gasteiger partial charge is 0.306 e. The number of nitrogens with zero attached hydrogens (tertiary/aromatic N) is 4. The highest BCUT2D eigenvalue weighted by Crippen LogP contribution is 2.25. The Morgan fingerprint density at radius 3 is 2.94 bits per heavy atom. The minimum Gasteiger partial charge on any atom is -0.306 e. The Bertz CT molecular complexity index is 649. The Morgan fingerprint density at radius 2 is 2.22 bits per heavy atom. The van der Waals surface area contributed by atoms with Crippen LogP contribution in [0.15, 0.2) is 23.4 Å². The summed E-state index contributed by atoms with van der Waals surface area (Å²) in [7, 11) is 3.87. The lowest BCUT2D eigenvalue weighted by atomic mass is 9.99. The van der Waals surface area contributed by atoms with Crippen molar-refractivity contribution in [3.8, 4) is 0 Å². The van der Waals surface area contributed by atoms with Crippen molar-refractivity contribution in [1.29, 1.82) is 0 Å². The minimum atomic E-state index is 0.0708. The fraction of sp³-hybridized carbons (Fsp3) is 0.462. The van der Waals surface area contributed by atoms with Gasteiger partial charge in [0, 0.05) is 36.7 Å². The van der Waals surface area contributed by atoms with E-state index in [1.54, 1.807) is 17.8 Å². The Labute approximate surface area is 105 Å². The maximum Gasteiger partial charge on any atom is 0.255 e. The first-order valence-corrected chi connectivity index (χ1v) is 6.15. The lowest BCUT2D eigenvalue weighted by molar-refractivity contribution is 0.411. The third kappa shape index (κ3) is 1.71. The van der Waals surface area contributed by atoms with Gasteiger partial charge in [0.1, 0.15) is 12.0 Å². The van der Waals surface area contributed by atoms with E-state index in [9.17, 15) is 4.79 Å². The van der Waals surface area contributed by atoms with E-state index in [4.69, 9.17) is 0 Å². The van der Waals surface area contributed by atoms with Gasteiger partial charge in [-0.15, -0.1) is 0 Å². The minimum absolute atomic E-state index is 0.0708. The van der Waals surface area contributed by atoms with Crippen molar-refractivity contribution in [2.24, 2.45) is 7.05 Å². The van der Waals surface area contributed by atoms with Crippen LogP contribution in [0.25, 0.3) is 11.0 Å². The SMILES string of the molecule is CN1CCC(c2cc3cncnc3n(C)c2=O)C1.